The zero-order valence-electron chi connectivity index (χ0n) is 18.4. The van der Waals surface area contributed by atoms with E-state index in [4.69, 9.17) is 4.74 Å². The largest absolute Gasteiger partial charge is 0.495 e. The molecule has 1 aromatic heterocycles. The van der Waals surface area contributed by atoms with E-state index < -0.39 is 0 Å². The number of methoxy groups -OCH3 is 1. The Morgan fingerprint density at radius 3 is 2.64 bits per heavy atom. The molecular weight excluding hydrogens is 346 g/mol. The van der Waals surface area contributed by atoms with Crippen molar-refractivity contribution in [3.63, 3.8) is 0 Å². The topological polar surface area (TPSA) is 29.4 Å². The smallest absolute Gasteiger partial charge is 0.143 e. The van der Waals surface area contributed by atoms with Crippen LogP contribution < -0.4 is 10.1 Å². The van der Waals surface area contributed by atoms with E-state index >= 15 is 0 Å². The van der Waals surface area contributed by atoms with Crippen LogP contribution in [0.2, 0.25) is 0 Å². The van der Waals surface area contributed by atoms with Crippen LogP contribution in [0.3, 0.4) is 0 Å². The summed E-state index contributed by atoms with van der Waals surface area (Å²) in [6.45, 7) is 13.7. The summed E-state index contributed by atoms with van der Waals surface area (Å²) in [6, 6.07) is 6.54. The van der Waals surface area contributed by atoms with E-state index in [1.807, 2.05) is 0 Å². The normalized spacial score (nSPS) is 16.6. The fourth-order valence-corrected chi connectivity index (χ4v) is 4.59. The molecule has 156 valence electrons. The number of benzene rings is 1. The van der Waals surface area contributed by atoms with Gasteiger partial charge in [-0.2, -0.15) is 0 Å². The van der Waals surface area contributed by atoms with E-state index in [0.717, 1.165) is 50.9 Å². The van der Waals surface area contributed by atoms with Crippen molar-refractivity contribution in [2.24, 2.45) is 5.92 Å². The van der Waals surface area contributed by atoms with Crippen LogP contribution in [-0.4, -0.2) is 49.3 Å². The number of piperazine rings is 1. The Labute approximate surface area is 171 Å². The van der Waals surface area contributed by atoms with Gasteiger partial charge in [0.2, 0.25) is 0 Å². The number of hydrogen-bond acceptors (Lipinski definition) is 3. The highest BCUT2D eigenvalue weighted by molar-refractivity contribution is 5.90. The Morgan fingerprint density at radius 2 is 1.93 bits per heavy atom. The minimum atomic E-state index is 0.796. The van der Waals surface area contributed by atoms with Gasteiger partial charge in [-0.05, 0) is 37.3 Å². The first kappa shape index (κ1) is 21.2. The summed E-state index contributed by atoms with van der Waals surface area (Å²) in [7, 11) is 1.80. The fourth-order valence-electron chi connectivity index (χ4n) is 4.59. The summed E-state index contributed by atoms with van der Waals surface area (Å²) < 4.78 is 8.28. The Morgan fingerprint density at radius 1 is 1.14 bits per heavy atom. The van der Waals surface area contributed by atoms with E-state index in [-0.39, 0.29) is 0 Å². The van der Waals surface area contributed by atoms with Crippen molar-refractivity contribution in [1.29, 1.82) is 0 Å². The minimum Gasteiger partial charge on any atom is -0.495 e. The highest BCUT2D eigenvalue weighted by Crippen LogP contribution is 2.34. The zero-order valence-corrected chi connectivity index (χ0v) is 18.4. The number of hydrogen-bond donors (Lipinski definition) is 1. The van der Waals surface area contributed by atoms with Crippen LogP contribution in [0, 0.1) is 12.8 Å². The molecule has 1 aliphatic heterocycles. The number of nitrogens with one attached hydrogen (secondary N) is 1. The minimum absolute atomic E-state index is 0.796. The van der Waals surface area contributed by atoms with E-state index in [2.05, 4.69) is 53.8 Å². The molecule has 1 saturated heterocycles. The molecule has 0 aliphatic carbocycles. The Bertz CT molecular complexity index is 746. The van der Waals surface area contributed by atoms with Crippen LogP contribution in [0.5, 0.6) is 5.75 Å². The average Bonchev–Trinajstić information content (AvgIpc) is 3.00. The lowest BCUT2D eigenvalue weighted by Crippen LogP contribution is -2.44. The number of unbranched alkanes of at least 4 members (excludes halogenated alkanes) is 1. The number of ether oxygens (including phenoxy) is 1. The molecule has 2 heterocycles. The van der Waals surface area contributed by atoms with E-state index in [9.17, 15) is 0 Å². The number of para-hydroxylation sites is 1. The quantitative estimate of drug-likeness (QED) is 0.647. The van der Waals surface area contributed by atoms with Gasteiger partial charge in [-0.25, -0.2) is 0 Å². The molecule has 0 radical (unpaired) electrons. The van der Waals surface area contributed by atoms with Crippen LogP contribution in [0.15, 0.2) is 18.2 Å². The molecule has 2 aromatic rings. The monoisotopic (exact) mass is 385 g/mol. The number of rotatable bonds is 10. The Balaban J connectivity index is 1.83. The molecule has 1 atom stereocenters. The van der Waals surface area contributed by atoms with Gasteiger partial charge in [0.05, 0.1) is 12.6 Å². The summed E-state index contributed by atoms with van der Waals surface area (Å²) in [5.41, 5.74) is 4.24. The third-order valence-electron chi connectivity index (χ3n) is 6.44. The predicted molar refractivity (Wildman–Crippen MR) is 120 cm³/mol. The third kappa shape index (κ3) is 4.90. The van der Waals surface area contributed by atoms with Crippen LogP contribution in [-0.2, 0) is 13.0 Å². The molecule has 0 spiro atoms. The molecule has 1 aromatic carbocycles. The van der Waals surface area contributed by atoms with Crippen LogP contribution in [0.25, 0.3) is 10.9 Å². The van der Waals surface area contributed by atoms with Gasteiger partial charge in [-0.3, -0.25) is 4.90 Å². The second kappa shape index (κ2) is 10.3. The van der Waals surface area contributed by atoms with Gasteiger partial charge in [0.1, 0.15) is 5.75 Å². The van der Waals surface area contributed by atoms with E-state index in [1.165, 1.54) is 54.3 Å². The van der Waals surface area contributed by atoms with E-state index in [0.29, 0.717) is 0 Å². The van der Waals surface area contributed by atoms with Crippen molar-refractivity contribution in [1.82, 2.24) is 14.8 Å². The van der Waals surface area contributed by atoms with Crippen LogP contribution >= 0.6 is 0 Å². The molecular formula is C24H39N3O. The third-order valence-corrected chi connectivity index (χ3v) is 6.44. The molecule has 0 saturated carbocycles. The number of fused-ring (bicyclic) bond motifs is 1. The predicted octanol–water partition coefficient (Wildman–Crippen LogP) is 4.62. The van der Waals surface area contributed by atoms with Gasteiger partial charge >= 0.3 is 0 Å². The van der Waals surface area contributed by atoms with Gasteiger partial charge in [-0.1, -0.05) is 45.2 Å². The first-order valence-corrected chi connectivity index (χ1v) is 11.2. The van der Waals surface area contributed by atoms with Gasteiger partial charge in [0, 0.05) is 50.3 Å². The van der Waals surface area contributed by atoms with Crippen molar-refractivity contribution in [3.05, 3.63) is 29.5 Å². The standard InChI is InChI=1S/C24H39N3O/c1-5-6-8-19(2)11-12-21-20(3)27(18-17-26-15-13-25-14-16-26)24-22(21)9-7-10-23(24)28-4/h7,9-10,19,25H,5-6,8,11-18H2,1-4H3. The molecule has 28 heavy (non-hydrogen) atoms. The van der Waals surface area contributed by atoms with Gasteiger partial charge in [0.15, 0.2) is 0 Å². The van der Waals surface area contributed by atoms with Crippen molar-refractivity contribution in [2.45, 2.75) is 59.4 Å². The van der Waals surface area contributed by atoms with Crippen molar-refractivity contribution < 1.29 is 4.74 Å². The molecule has 1 fully saturated rings. The first-order valence-electron chi connectivity index (χ1n) is 11.2. The van der Waals surface area contributed by atoms with Crippen LogP contribution in [0.4, 0.5) is 0 Å². The summed E-state index contributed by atoms with van der Waals surface area (Å²) in [6.07, 6.45) is 6.43. The second-order valence-electron chi connectivity index (χ2n) is 8.45. The second-order valence-corrected chi connectivity index (χ2v) is 8.45. The fraction of sp³-hybridized carbons (Fsp3) is 0.667. The molecule has 4 heteroatoms. The summed E-state index contributed by atoms with van der Waals surface area (Å²) >= 11 is 0. The Kier molecular flexibility index (Phi) is 7.81. The van der Waals surface area contributed by atoms with Crippen molar-refractivity contribution in [3.8, 4) is 5.75 Å². The highest BCUT2D eigenvalue weighted by atomic mass is 16.5. The lowest BCUT2D eigenvalue weighted by molar-refractivity contribution is 0.233. The average molecular weight is 386 g/mol. The first-order chi connectivity index (χ1) is 13.7. The maximum Gasteiger partial charge on any atom is 0.143 e. The molecule has 4 nitrogen and oxygen atoms in total. The molecule has 1 N–H and O–H groups in total. The Hall–Kier alpha value is -1.52. The van der Waals surface area contributed by atoms with Crippen molar-refractivity contribution >= 4 is 10.9 Å². The van der Waals surface area contributed by atoms with Crippen molar-refractivity contribution in [2.75, 3.05) is 39.8 Å². The SMILES string of the molecule is CCCCC(C)CCc1c(C)n(CCN2CCNCC2)c2c(OC)cccc12. The van der Waals surface area contributed by atoms with Crippen LogP contribution in [0.1, 0.15) is 50.8 Å². The summed E-state index contributed by atoms with van der Waals surface area (Å²) in [5.74, 6) is 1.80. The number of aryl methyl sites for hydroxylation is 1. The highest BCUT2D eigenvalue weighted by Gasteiger charge is 2.19. The van der Waals surface area contributed by atoms with Gasteiger partial charge in [0.25, 0.3) is 0 Å². The maximum atomic E-state index is 5.76. The van der Waals surface area contributed by atoms with Gasteiger partial charge in [-0.15, -0.1) is 0 Å². The van der Waals surface area contributed by atoms with Gasteiger partial charge < -0.3 is 14.6 Å². The maximum absolute atomic E-state index is 5.76. The molecule has 0 amide bonds. The molecule has 0 bridgehead atoms. The summed E-state index contributed by atoms with van der Waals surface area (Å²) in [5, 5.41) is 4.84. The summed E-state index contributed by atoms with van der Waals surface area (Å²) in [4.78, 5) is 2.57. The molecule has 1 aliphatic rings. The van der Waals surface area contributed by atoms with E-state index in [1.54, 1.807) is 7.11 Å². The zero-order chi connectivity index (χ0) is 19.9. The number of aromatic nitrogens is 1. The number of nitrogens with zero attached hydrogens (tertiary/aromatic N) is 2. The molecule has 1 unspecified atom stereocenters. The molecule has 3 rings (SSSR count). The lowest BCUT2D eigenvalue weighted by Gasteiger charge is -2.27. The lowest BCUT2D eigenvalue weighted by atomic mass is 9.95.